The zero-order valence-corrected chi connectivity index (χ0v) is 21.3. The van der Waals surface area contributed by atoms with Gasteiger partial charge in [0, 0.05) is 50.6 Å². The van der Waals surface area contributed by atoms with Crippen LogP contribution in [-0.2, 0) is 16.6 Å². The molecule has 1 aromatic rings. The van der Waals surface area contributed by atoms with E-state index in [1.54, 1.807) is 12.0 Å². The van der Waals surface area contributed by atoms with Gasteiger partial charge in [-0.25, -0.2) is 4.79 Å². The molecule has 2 aliphatic heterocycles. The lowest BCUT2D eigenvalue weighted by Gasteiger charge is -2.62. The second-order valence-electron chi connectivity index (χ2n) is 10.3. The summed E-state index contributed by atoms with van der Waals surface area (Å²) in [6.07, 6.45) is 1.95. The van der Waals surface area contributed by atoms with Crippen LogP contribution in [0.3, 0.4) is 0 Å². The van der Waals surface area contributed by atoms with Crippen molar-refractivity contribution in [1.82, 2.24) is 19.6 Å². The number of nitrogens with zero attached hydrogens (tertiary/aromatic N) is 4. The maximum absolute atomic E-state index is 13.7. The minimum Gasteiger partial charge on any atom is -0.497 e. The fourth-order valence-electron chi connectivity index (χ4n) is 6.48. The molecule has 8 heteroatoms. The van der Waals surface area contributed by atoms with Crippen LogP contribution in [0.4, 0.5) is 4.79 Å². The molecule has 34 heavy (non-hydrogen) atoms. The summed E-state index contributed by atoms with van der Waals surface area (Å²) in [4.78, 5) is 34.6. The van der Waals surface area contributed by atoms with E-state index in [9.17, 15) is 14.7 Å². The quantitative estimate of drug-likeness (QED) is 0.682. The van der Waals surface area contributed by atoms with Crippen molar-refractivity contribution in [2.75, 3.05) is 60.5 Å². The molecule has 0 spiro atoms. The molecule has 2 saturated heterocycles. The SMILES string of the molecule is CCN1CCC2(O)C3Cc4ccc(OC)cc4C2(CCN3CCN(C)C)CC(=O)N(CC)C1=O. The van der Waals surface area contributed by atoms with Crippen LogP contribution in [0.5, 0.6) is 5.75 Å². The van der Waals surface area contributed by atoms with Crippen LogP contribution in [0.1, 0.15) is 44.2 Å². The van der Waals surface area contributed by atoms with Gasteiger partial charge >= 0.3 is 6.03 Å². The number of imide groups is 1. The Hall–Kier alpha value is -2.16. The Labute approximate surface area is 203 Å². The third-order valence-corrected chi connectivity index (χ3v) is 8.44. The van der Waals surface area contributed by atoms with E-state index in [0.29, 0.717) is 32.5 Å². The number of likely N-dealkylation sites (tertiary alicyclic amines) is 1. The van der Waals surface area contributed by atoms with Crippen molar-refractivity contribution in [3.8, 4) is 5.75 Å². The first kappa shape index (κ1) is 24.9. The summed E-state index contributed by atoms with van der Waals surface area (Å²) in [6.45, 7) is 7.59. The highest BCUT2D eigenvalue weighted by molar-refractivity contribution is 5.95. The summed E-state index contributed by atoms with van der Waals surface area (Å²) in [5.41, 5.74) is 0.283. The van der Waals surface area contributed by atoms with Crippen LogP contribution in [0.25, 0.3) is 0 Å². The number of amides is 3. The number of carbonyl (C=O) groups excluding carboxylic acids is 2. The number of fused-ring (bicyclic) bond motifs is 1. The minimum atomic E-state index is -1.13. The molecule has 0 saturated carbocycles. The van der Waals surface area contributed by atoms with Crippen LogP contribution in [0.15, 0.2) is 18.2 Å². The number of likely N-dealkylation sites (N-methyl/N-ethyl adjacent to an activating group) is 1. The lowest BCUT2D eigenvalue weighted by Crippen LogP contribution is -2.72. The third-order valence-electron chi connectivity index (χ3n) is 8.44. The van der Waals surface area contributed by atoms with Gasteiger partial charge in [0.05, 0.1) is 12.7 Å². The highest BCUT2D eigenvalue weighted by atomic mass is 16.5. The van der Waals surface area contributed by atoms with E-state index < -0.39 is 11.0 Å². The largest absolute Gasteiger partial charge is 0.497 e. The Morgan fingerprint density at radius 2 is 1.91 bits per heavy atom. The number of benzene rings is 1. The molecule has 2 heterocycles. The number of rotatable bonds is 6. The molecule has 1 aliphatic carbocycles. The van der Waals surface area contributed by atoms with Crippen LogP contribution in [0.2, 0.25) is 0 Å². The highest BCUT2D eigenvalue weighted by Gasteiger charge is 2.63. The third kappa shape index (κ3) is 3.89. The zero-order chi connectivity index (χ0) is 24.7. The molecule has 3 amide bonds. The highest BCUT2D eigenvalue weighted by Crippen LogP contribution is 2.56. The first-order valence-corrected chi connectivity index (χ1v) is 12.6. The average molecular weight is 473 g/mol. The van der Waals surface area contributed by atoms with Crippen LogP contribution < -0.4 is 4.74 Å². The molecule has 188 valence electrons. The van der Waals surface area contributed by atoms with E-state index >= 15 is 0 Å². The molecule has 3 unspecified atom stereocenters. The van der Waals surface area contributed by atoms with E-state index in [2.05, 4.69) is 30.0 Å². The van der Waals surface area contributed by atoms with Gasteiger partial charge in [-0.2, -0.15) is 0 Å². The number of hydrogen-bond acceptors (Lipinski definition) is 6. The summed E-state index contributed by atoms with van der Waals surface area (Å²) in [7, 11) is 5.77. The lowest BCUT2D eigenvalue weighted by molar-refractivity contribution is -0.161. The molecule has 1 N–H and O–H groups in total. The van der Waals surface area contributed by atoms with Gasteiger partial charge in [-0.3, -0.25) is 14.6 Å². The number of hydrogen-bond donors (Lipinski definition) is 1. The molecule has 4 rings (SSSR count). The number of urea groups is 1. The Morgan fingerprint density at radius 1 is 1.15 bits per heavy atom. The molecule has 2 bridgehead atoms. The Bertz CT molecular complexity index is 937. The molecule has 0 aromatic heterocycles. The summed E-state index contributed by atoms with van der Waals surface area (Å²) in [5.74, 6) is 0.525. The van der Waals surface area contributed by atoms with E-state index in [1.807, 2.05) is 26.0 Å². The lowest BCUT2D eigenvalue weighted by atomic mass is 9.52. The molecular formula is C26H40N4O4. The van der Waals surface area contributed by atoms with Gasteiger partial charge in [-0.05, 0) is 77.0 Å². The molecular weight excluding hydrogens is 432 g/mol. The van der Waals surface area contributed by atoms with Gasteiger partial charge in [0.15, 0.2) is 0 Å². The minimum absolute atomic E-state index is 0.114. The van der Waals surface area contributed by atoms with E-state index in [-0.39, 0.29) is 24.4 Å². The van der Waals surface area contributed by atoms with Gasteiger partial charge in [-0.15, -0.1) is 0 Å². The fraction of sp³-hybridized carbons (Fsp3) is 0.692. The van der Waals surface area contributed by atoms with Crippen molar-refractivity contribution in [3.63, 3.8) is 0 Å². The molecule has 0 radical (unpaired) electrons. The number of ether oxygens (including phenoxy) is 1. The van der Waals surface area contributed by atoms with E-state index in [4.69, 9.17) is 4.74 Å². The van der Waals surface area contributed by atoms with Crippen molar-refractivity contribution in [2.45, 2.75) is 56.6 Å². The number of piperidine rings is 1. The average Bonchev–Trinajstić information content (AvgIpc) is 2.84. The second kappa shape index (κ2) is 9.47. The topological polar surface area (TPSA) is 76.6 Å². The molecule has 1 aromatic carbocycles. The predicted octanol–water partition coefficient (Wildman–Crippen LogP) is 1.94. The maximum atomic E-state index is 13.7. The van der Waals surface area contributed by atoms with E-state index in [0.717, 1.165) is 37.4 Å². The first-order chi connectivity index (χ1) is 16.2. The van der Waals surface area contributed by atoms with Crippen molar-refractivity contribution >= 4 is 11.9 Å². The van der Waals surface area contributed by atoms with Gasteiger partial charge in [0.1, 0.15) is 5.75 Å². The Balaban J connectivity index is 1.88. The smallest absolute Gasteiger partial charge is 0.326 e. The van der Waals surface area contributed by atoms with Gasteiger partial charge < -0.3 is 19.6 Å². The van der Waals surface area contributed by atoms with Crippen LogP contribution in [0, 0.1) is 0 Å². The Morgan fingerprint density at radius 3 is 2.56 bits per heavy atom. The van der Waals surface area contributed by atoms with Crippen LogP contribution >= 0.6 is 0 Å². The molecule has 8 nitrogen and oxygen atoms in total. The standard InChI is InChI=1S/C26H40N4O4/c1-6-28-13-11-26(33)22-16-19-8-9-20(34-5)17-21(19)25(26,10-12-29(22)15-14-27(3)4)18-23(31)30(7-2)24(28)32/h8-9,17,22,33H,6-7,10-16,18H2,1-5H3. The number of methoxy groups -OCH3 is 1. The summed E-state index contributed by atoms with van der Waals surface area (Å²) >= 11 is 0. The Kier molecular flexibility index (Phi) is 6.95. The van der Waals surface area contributed by atoms with Gasteiger partial charge in [-0.1, -0.05) is 6.07 Å². The molecule has 3 aliphatic rings. The van der Waals surface area contributed by atoms with Gasteiger partial charge in [0.2, 0.25) is 5.91 Å². The van der Waals surface area contributed by atoms with Crippen molar-refractivity contribution in [2.24, 2.45) is 0 Å². The summed E-state index contributed by atoms with van der Waals surface area (Å²) in [5, 5.41) is 12.7. The summed E-state index contributed by atoms with van der Waals surface area (Å²) < 4.78 is 5.56. The molecule has 2 fully saturated rings. The van der Waals surface area contributed by atoms with Crippen molar-refractivity contribution < 1.29 is 19.4 Å². The van der Waals surface area contributed by atoms with E-state index in [1.165, 1.54) is 10.5 Å². The number of aliphatic hydroxyl groups is 1. The predicted molar refractivity (Wildman–Crippen MR) is 131 cm³/mol. The zero-order valence-electron chi connectivity index (χ0n) is 21.3. The van der Waals surface area contributed by atoms with Crippen molar-refractivity contribution in [3.05, 3.63) is 29.3 Å². The monoisotopic (exact) mass is 472 g/mol. The fourth-order valence-corrected chi connectivity index (χ4v) is 6.48. The van der Waals surface area contributed by atoms with Gasteiger partial charge in [0.25, 0.3) is 0 Å². The number of carbonyl (C=O) groups is 2. The first-order valence-electron chi connectivity index (χ1n) is 12.6. The summed E-state index contributed by atoms with van der Waals surface area (Å²) in [6, 6.07) is 5.72. The van der Waals surface area contributed by atoms with Crippen LogP contribution in [-0.4, -0.2) is 109 Å². The molecule has 3 atom stereocenters. The maximum Gasteiger partial charge on any atom is 0.326 e. The second-order valence-corrected chi connectivity index (χ2v) is 10.3. The van der Waals surface area contributed by atoms with Crippen molar-refractivity contribution in [1.29, 1.82) is 0 Å². The normalized spacial score (nSPS) is 29.9.